The van der Waals surface area contributed by atoms with Crippen LogP contribution in [0.4, 0.5) is 5.69 Å². The van der Waals surface area contributed by atoms with E-state index in [-0.39, 0.29) is 18.6 Å². The van der Waals surface area contributed by atoms with Crippen LogP contribution in [0.3, 0.4) is 0 Å². The second kappa shape index (κ2) is 9.30. The van der Waals surface area contributed by atoms with Crippen LogP contribution in [-0.4, -0.2) is 18.6 Å². The summed E-state index contributed by atoms with van der Waals surface area (Å²) < 4.78 is 5.76. The zero-order valence-electron chi connectivity index (χ0n) is 14.0. The molecular weight excluding hydrogens is 324 g/mol. The van der Waals surface area contributed by atoms with E-state index < -0.39 is 0 Å². The molecule has 0 aliphatic heterocycles. The summed E-state index contributed by atoms with van der Waals surface area (Å²) in [6.45, 7) is 4.84. The van der Waals surface area contributed by atoms with Crippen LogP contribution in [0.15, 0.2) is 48.5 Å². The zero-order chi connectivity index (χ0) is 17.4. The SMILES string of the molecule is CCC(C)Oc1cccc(NC(=O)CNCc2ccccc2Cl)c1. The number of rotatable bonds is 8. The highest BCUT2D eigenvalue weighted by atomic mass is 35.5. The zero-order valence-corrected chi connectivity index (χ0v) is 14.8. The largest absolute Gasteiger partial charge is 0.491 e. The number of carbonyl (C=O) groups is 1. The first kappa shape index (κ1) is 18.3. The fourth-order valence-electron chi connectivity index (χ4n) is 2.12. The Kier molecular flexibility index (Phi) is 7.09. The molecule has 5 heteroatoms. The molecule has 1 amide bonds. The maximum absolute atomic E-state index is 12.0. The van der Waals surface area contributed by atoms with Crippen LogP contribution in [0.5, 0.6) is 5.75 Å². The van der Waals surface area contributed by atoms with Crippen LogP contribution < -0.4 is 15.4 Å². The summed E-state index contributed by atoms with van der Waals surface area (Å²) in [4.78, 5) is 12.0. The lowest BCUT2D eigenvalue weighted by atomic mass is 10.2. The molecule has 2 aromatic rings. The van der Waals surface area contributed by atoms with Gasteiger partial charge in [0, 0.05) is 23.3 Å². The second-order valence-electron chi connectivity index (χ2n) is 5.61. The third-order valence-electron chi connectivity index (χ3n) is 3.59. The lowest BCUT2D eigenvalue weighted by molar-refractivity contribution is -0.115. The normalized spacial score (nSPS) is 11.8. The van der Waals surface area contributed by atoms with Crippen LogP contribution in [0.2, 0.25) is 5.02 Å². The van der Waals surface area contributed by atoms with E-state index in [2.05, 4.69) is 17.6 Å². The lowest BCUT2D eigenvalue weighted by Gasteiger charge is -2.14. The molecule has 0 spiro atoms. The topological polar surface area (TPSA) is 50.4 Å². The van der Waals surface area contributed by atoms with Gasteiger partial charge < -0.3 is 15.4 Å². The number of hydrogen-bond acceptors (Lipinski definition) is 3. The van der Waals surface area contributed by atoms with Gasteiger partial charge in [-0.25, -0.2) is 0 Å². The van der Waals surface area contributed by atoms with Gasteiger partial charge in [0.1, 0.15) is 5.75 Å². The van der Waals surface area contributed by atoms with Crippen LogP contribution in [0.25, 0.3) is 0 Å². The molecule has 0 aliphatic rings. The number of benzene rings is 2. The Labute approximate surface area is 148 Å². The number of ether oxygens (including phenoxy) is 1. The van der Waals surface area contributed by atoms with Gasteiger partial charge in [0.2, 0.25) is 5.91 Å². The highest BCUT2D eigenvalue weighted by Crippen LogP contribution is 2.19. The predicted octanol–water partition coefficient (Wildman–Crippen LogP) is 4.25. The van der Waals surface area contributed by atoms with Crippen LogP contribution in [-0.2, 0) is 11.3 Å². The summed E-state index contributed by atoms with van der Waals surface area (Å²) >= 11 is 6.09. The van der Waals surface area contributed by atoms with Gasteiger partial charge in [0.05, 0.1) is 12.6 Å². The molecule has 1 atom stereocenters. The van der Waals surface area contributed by atoms with Gasteiger partial charge in [-0.05, 0) is 37.1 Å². The third kappa shape index (κ3) is 5.87. The van der Waals surface area contributed by atoms with Crippen molar-refractivity contribution in [3.05, 3.63) is 59.1 Å². The maximum atomic E-state index is 12.0. The highest BCUT2D eigenvalue weighted by Gasteiger charge is 2.06. The number of nitrogens with one attached hydrogen (secondary N) is 2. The van der Waals surface area contributed by atoms with Crippen molar-refractivity contribution in [1.29, 1.82) is 0 Å². The van der Waals surface area contributed by atoms with E-state index in [9.17, 15) is 4.79 Å². The summed E-state index contributed by atoms with van der Waals surface area (Å²) in [6.07, 6.45) is 1.08. The fourth-order valence-corrected chi connectivity index (χ4v) is 2.32. The smallest absolute Gasteiger partial charge is 0.238 e. The number of amides is 1. The van der Waals surface area contributed by atoms with Gasteiger partial charge >= 0.3 is 0 Å². The van der Waals surface area contributed by atoms with Crippen molar-refractivity contribution in [2.75, 3.05) is 11.9 Å². The minimum absolute atomic E-state index is 0.109. The van der Waals surface area contributed by atoms with Crippen molar-refractivity contribution in [2.45, 2.75) is 32.9 Å². The van der Waals surface area contributed by atoms with Gasteiger partial charge in [-0.2, -0.15) is 0 Å². The second-order valence-corrected chi connectivity index (χ2v) is 6.01. The number of anilines is 1. The Balaban J connectivity index is 1.82. The number of halogens is 1. The summed E-state index contributed by atoms with van der Waals surface area (Å²) in [6, 6.07) is 15.0. The molecule has 2 rings (SSSR count). The van der Waals surface area contributed by atoms with E-state index in [1.54, 1.807) is 0 Å². The Morgan fingerprint density at radius 3 is 2.75 bits per heavy atom. The quantitative estimate of drug-likeness (QED) is 0.751. The first-order valence-electron chi connectivity index (χ1n) is 8.09. The van der Waals surface area contributed by atoms with E-state index in [4.69, 9.17) is 16.3 Å². The van der Waals surface area contributed by atoms with Gasteiger partial charge in [-0.1, -0.05) is 42.8 Å². The Morgan fingerprint density at radius 2 is 2.00 bits per heavy atom. The Hall–Kier alpha value is -2.04. The molecule has 0 saturated carbocycles. The molecule has 128 valence electrons. The van der Waals surface area contributed by atoms with Crippen molar-refractivity contribution in [2.24, 2.45) is 0 Å². The molecular formula is C19H23ClN2O2. The minimum Gasteiger partial charge on any atom is -0.491 e. The van der Waals surface area contributed by atoms with Crippen LogP contribution in [0, 0.1) is 0 Å². The van der Waals surface area contributed by atoms with Crippen molar-refractivity contribution in [1.82, 2.24) is 5.32 Å². The van der Waals surface area contributed by atoms with Crippen LogP contribution >= 0.6 is 11.6 Å². The molecule has 1 unspecified atom stereocenters. The monoisotopic (exact) mass is 346 g/mol. The minimum atomic E-state index is -0.109. The Bertz CT molecular complexity index is 676. The van der Waals surface area contributed by atoms with Crippen molar-refractivity contribution in [3.63, 3.8) is 0 Å². The third-order valence-corrected chi connectivity index (χ3v) is 3.96. The van der Waals surface area contributed by atoms with E-state index in [1.165, 1.54) is 0 Å². The highest BCUT2D eigenvalue weighted by molar-refractivity contribution is 6.31. The molecule has 0 bridgehead atoms. The van der Waals surface area contributed by atoms with Crippen LogP contribution in [0.1, 0.15) is 25.8 Å². The summed E-state index contributed by atoms with van der Waals surface area (Å²) in [7, 11) is 0. The van der Waals surface area contributed by atoms with Gasteiger partial charge in [-0.15, -0.1) is 0 Å². The molecule has 4 nitrogen and oxygen atoms in total. The first-order valence-corrected chi connectivity index (χ1v) is 8.47. The molecule has 2 N–H and O–H groups in total. The first-order chi connectivity index (χ1) is 11.6. The molecule has 0 heterocycles. The standard InChI is InChI=1S/C19H23ClN2O2/c1-3-14(2)24-17-9-6-8-16(11-17)22-19(23)13-21-12-15-7-4-5-10-18(15)20/h4-11,14,21H,3,12-13H2,1-2H3,(H,22,23). The Morgan fingerprint density at radius 1 is 1.21 bits per heavy atom. The molecule has 0 aliphatic carbocycles. The molecule has 0 aromatic heterocycles. The van der Waals surface area contributed by atoms with Gasteiger partial charge in [0.25, 0.3) is 0 Å². The maximum Gasteiger partial charge on any atom is 0.238 e. The fraction of sp³-hybridized carbons (Fsp3) is 0.316. The molecule has 24 heavy (non-hydrogen) atoms. The summed E-state index contributed by atoms with van der Waals surface area (Å²) in [5, 5.41) is 6.65. The number of hydrogen-bond donors (Lipinski definition) is 2. The van der Waals surface area contributed by atoms with E-state index >= 15 is 0 Å². The molecule has 0 saturated heterocycles. The molecule has 2 aromatic carbocycles. The van der Waals surface area contributed by atoms with E-state index in [0.29, 0.717) is 11.6 Å². The predicted molar refractivity (Wildman–Crippen MR) is 98.6 cm³/mol. The average molecular weight is 347 g/mol. The summed E-state index contributed by atoms with van der Waals surface area (Å²) in [5.41, 5.74) is 1.69. The van der Waals surface area contributed by atoms with Gasteiger partial charge in [-0.3, -0.25) is 4.79 Å². The average Bonchev–Trinajstić information content (AvgIpc) is 2.57. The lowest BCUT2D eigenvalue weighted by Crippen LogP contribution is -2.27. The summed E-state index contributed by atoms with van der Waals surface area (Å²) in [5.74, 6) is 0.647. The number of carbonyl (C=O) groups excluding carboxylic acids is 1. The van der Waals surface area contributed by atoms with Gasteiger partial charge in [0.15, 0.2) is 0 Å². The molecule has 0 radical (unpaired) electrons. The van der Waals surface area contributed by atoms with Crippen molar-refractivity contribution in [3.8, 4) is 5.75 Å². The van der Waals surface area contributed by atoms with E-state index in [0.717, 1.165) is 23.4 Å². The molecule has 0 fully saturated rings. The van der Waals surface area contributed by atoms with Crippen molar-refractivity contribution < 1.29 is 9.53 Å². The van der Waals surface area contributed by atoms with E-state index in [1.807, 2.05) is 55.5 Å². The van der Waals surface area contributed by atoms with Crippen molar-refractivity contribution >= 4 is 23.2 Å².